The van der Waals surface area contributed by atoms with Crippen LogP contribution in [0.4, 0.5) is 0 Å². The minimum atomic E-state index is -0.0703. The predicted molar refractivity (Wildman–Crippen MR) is 59.8 cm³/mol. The van der Waals surface area contributed by atoms with Crippen LogP contribution < -0.4 is 5.32 Å². The zero-order valence-corrected chi connectivity index (χ0v) is 9.34. The molecule has 1 heterocycles. The molecule has 0 saturated heterocycles. The van der Waals surface area contributed by atoms with Crippen molar-refractivity contribution in [1.29, 1.82) is 0 Å². The van der Waals surface area contributed by atoms with Gasteiger partial charge in [0, 0.05) is 18.3 Å². The first-order valence-electron chi connectivity index (χ1n) is 5.79. The van der Waals surface area contributed by atoms with Gasteiger partial charge in [-0.05, 0) is 25.3 Å². The molecule has 1 aromatic heterocycles. The molecule has 16 heavy (non-hydrogen) atoms. The van der Waals surface area contributed by atoms with Gasteiger partial charge in [-0.1, -0.05) is 0 Å². The lowest BCUT2D eigenvalue weighted by Crippen LogP contribution is -2.35. The summed E-state index contributed by atoms with van der Waals surface area (Å²) in [4.78, 5) is 0. The molecule has 5 heteroatoms. The first-order valence-corrected chi connectivity index (χ1v) is 5.79. The van der Waals surface area contributed by atoms with Crippen LogP contribution in [0.1, 0.15) is 18.4 Å². The summed E-state index contributed by atoms with van der Waals surface area (Å²) in [5, 5.41) is 25.4. The van der Waals surface area contributed by atoms with Crippen molar-refractivity contribution in [3.63, 3.8) is 0 Å². The van der Waals surface area contributed by atoms with E-state index in [1.54, 1.807) is 4.68 Å². The Morgan fingerprint density at radius 1 is 1.50 bits per heavy atom. The van der Waals surface area contributed by atoms with Crippen LogP contribution in [0.2, 0.25) is 0 Å². The average molecular weight is 225 g/mol. The summed E-state index contributed by atoms with van der Waals surface area (Å²) in [6, 6.07) is 0. The summed E-state index contributed by atoms with van der Waals surface area (Å²) in [5.74, 6) is 0.627. The first-order chi connectivity index (χ1) is 7.78. The molecule has 1 aromatic rings. The Morgan fingerprint density at radius 3 is 3.00 bits per heavy atom. The molecule has 0 spiro atoms. The summed E-state index contributed by atoms with van der Waals surface area (Å²) < 4.78 is 1.74. The largest absolute Gasteiger partial charge is 0.394 e. The van der Waals surface area contributed by atoms with Crippen LogP contribution in [0.15, 0.2) is 12.4 Å². The molecule has 1 aliphatic rings. The molecule has 0 aromatic carbocycles. The second-order valence-corrected chi connectivity index (χ2v) is 4.46. The summed E-state index contributed by atoms with van der Waals surface area (Å²) in [7, 11) is 0. The molecule has 1 saturated carbocycles. The summed E-state index contributed by atoms with van der Waals surface area (Å²) in [5.41, 5.74) is 1.13. The molecular weight excluding hydrogens is 206 g/mol. The predicted octanol–water partition coefficient (Wildman–Crippen LogP) is -0.264. The third kappa shape index (κ3) is 3.04. The van der Waals surface area contributed by atoms with Gasteiger partial charge in [0.05, 0.1) is 25.5 Å². The molecule has 5 nitrogen and oxygen atoms in total. The highest BCUT2D eigenvalue weighted by atomic mass is 16.3. The summed E-state index contributed by atoms with van der Waals surface area (Å²) in [6.45, 7) is 2.43. The van der Waals surface area contributed by atoms with Crippen LogP contribution in [-0.4, -0.2) is 39.2 Å². The number of hydrogen-bond donors (Lipinski definition) is 3. The fourth-order valence-corrected chi connectivity index (χ4v) is 2.01. The van der Waals surface area contributed by atoms with E-state index in [4.69, 9.17) is 10.2 Å². The fourth-order valence-electron chi connectivity index (χ4n) is 2.01. The highest BCUT2D eigenvalue weighted by Crippen LogP contribution is 2.26. The first kappa shape index (κ1) is 11.6. The molecule has 3 N–H and O–H groups in total. The number of aliphatic hydroxyl groups excluding tert-OH is 2. The summed E-state index contributed by atoms with van der Waals surface area (Å²) >= 11 is 0. The third-order valence-corrected chi connectivity index (χ3v) is 2.99. The van der Waals surface area contributed by atoms with Crippen molar-refractivity contribution in [2.45, 2.75) is 32.0 Å². The second kappa shape index (κ2) is 5.43. The Bertz CT molecular complexity index is 321. The lowest BCUT2D eigenvalue weighted by molar-refractivity contribution is 0.0430. The molecule has 1 fully saturated rings. The van der Waals surface area contributed by atoms with Crippen molar-refractivity contribution in [2.24, 2.45) is 5.92 Å². The fraction of sp³-hybridized carbons (Fsp3) is 0.727. The molecular formula is C11H19N3O2. The Kier molecular flexibility index (Phi) is 3.93. The molecule has 0 bridgehead atoms. The van der Waals surface area contributed by atoms with Crippen LogP contribution in [0.5, 0.6) is 0 Å². The van der Waals surface area contributed by atoms with E-state index in [2.05, 4.69) is 10.4 Å². The minimum Gasteiger partial charge on any atom is -0.394 e. The molecule has 0 amide bonds. The number of aromatic nitrogens is 2. The Morgan fingerprint density at radius 2 is 2.31 bits per heavy atom. The van der Waals surface area contributed by atoms with Crippen molar-refractivity contribution in [3.05, 3.63) is 18.0 Å². The summed E-state index contributed by atoms with van der Waals surface area (Å²) in [6.07, 6.45) is 5.55. The van der Waals surface area contributed by atoms with Crippen LogP contribution in [-0.2, 0) is 13.1 Å². The number of hydrogen-bond acceptors (Lipinski definition) is 4. The Labute approximate surface area is 95.1 Å². The van der Waals surface area contributed by atoms with Gasteiger partial charge in [-0.25, -0.2) is 0 Å². The number of nitrogens with zero attached hydrogens (tertiary/aromatic N) is 2. The maximum atomic E-state index is 9.13. The second-order valence-electron chi connectivity index (χ2n) is 4.46. The maximum absolute atomic E-state index is 9.13. The van der Waals surface area contributed by atoms with Gasteiger partial charge in [0.1, 0.15) is 0 Å². The van der Waals surface area contributed by atoms with Crippen LogP contribution in [0.25, 0.3) is 0 Å². The number of aliphatic hydroxyl groups is 2. The lowest BCUT2D eigenvalue weighted by atomic mass is 9.82. The standard InChI is InChI=1S/C11H19N3O2/c15-2-1-14-8-10(7-13-14)6-12-5-9-3-11(16)4-9/h7-9,11-12,15-16H,1-6H2. The van der Waals surface area contributed by atoms with Crippen molar-refractivity contribution in [3.8, 4) is 0 Å². The molecule has 2 rings (SSSR count). The van der Waals surface area contributed by atoms with Gasteiger partial charge in [-0.15, -0.1) is 0 Å². The highest BCUT2D eigenvalue weighted by Gasteiger charge is 2.26. The molecule has 0 aliphatic heterocycles. The molecule has 0 unspecified atom stereocenters. The molecule has 90 valence electrons. The minimum absolute atomic E-state index is 0.0703. The van der Waals surface area contributed by atoms with Gasteiger partial charge in [0.2, 0.25) is 0 Å². The normalized spacial score (nSPS) is 24.4. The SMILES string of the molecule is OCCn1cc(CNCC2CC(O)C2)cn1. The molecule has 1 aliphatic carbocycles. The molecule has 0 atom stereocenters. The van der Waals surface area contributed by atoms with E-state index >= 15 is 0 Å². The van der Waals surface area contributed by atoms with E-state index in [1.807, 2.05) is 12.4 Å². The van der Waals surface area contributed by atoms with Crippen molar-refractivity contribution < 1.29 is 10.2 Å². The van der Waals surface area contributed by atoms with E-state index in [0.717, 1.165) is 31.5 Å². The monoisotopic (exact) mass is 225 g/mol. The quantitative estimate of drug-likeness (QED) is 0.623. The maximum Gasteiger partial charge on any atom is 0.0640 e. The average Bonchev–Trinajstić information content (AvgIpc) is 2.64. The van der Waals surface area contributed by atoms with Crippen molar-refractivity contribution in [2.75, 3.05) is 13.2 Å². The lowest BCUT2D eigenvalue weighted by Gasteiger charge is -2.31. The smallest absolute Gasteiger partial charge is 0.0640 e. The van der Waals surface area contributed by atoms with Gasteiger partial charge in [-0.3, -0.25) is 4.68 Å². The van der Waals surface area contributed by atoms with Crippen molar-refractivity contribution >= 4 is 0 Å². The molecule has 0 radical (unpaired) electrons. The van der Waals surface area contributed by atoms with E-state index < -0.39 is 0 Å². The zero-order chi connectivity index (χ0) is 11.4. The van der Waals surface area contributed by atoms with Gasteiger partial charge >= 0.3 is 0 Å². The van der Waals surface area contributed by atoms with Gasteiger partial charge in [0.15, 0.2) is 0 Å². The Balaban J connectivity index is 1.64. The van der Waals surface area contributed by atoms with Crippen molar-refractivity contribution in [1.82, 2.24) is 15.1 Å². The van der Waals surface area contributed by atoms with E-state index in [0.29, 0.717) is 12.5 Å². The van der Waals surface area contributed by atoms with E-state index in [-0.39, 0.29) is 12.7 Å². The van der Waals surface area contributed by atoms with Gasteiger partial charge in [0.25, 0.3) is 0 Å². The Hall–Kier alpha value is -0.910. The van der Waals surface area contributed by atoms with E-state index in [9.17, 15) is 0 Å². The third-order valence-electron chi connectivity index (χ3n) is 2.99. The van der Waals surface area contributed by atoms with Crippen LogP contribution >= 0.6 is 0 Å². The van der Waals surface area contributed by atoms with Gasteiger partial charge < -0.3 is 15.5 Å². The van der Waals surface area contributed by atoms with Crippen LogP contribution in [0, 0.1) is 5.92 Å². The van der Waals surface area contributed by atoms with Crippen LogP contribution in [0.3, 0.4) is 0 Å². The van der Waals surface area contributed by atoms with E-state index in [1.165, 1.54) is 0 Å². The topological polar surface area (TPSA) is 70.3 Å². The van der Waals surface area contributed by atoms with Gasteiger partial charge in [-0.2, -0.15) is 5.10 Å². The number of rotatable bonds is 6. The highest BCUT2D eigenvalue weighted by molar-refractivity contribution is 5.03. The zero-order valence-electron chi connectivity index (χ0n) is 9.34. The number of nitrogens with one attached hydrogen (secondary N) is 1.